The van der Waals surface area contributed by atoms with Crippen LogP contribution in [0.2, 0.25) is 0 Å². The standard InChI is InChI=1S/C13H21N3O2S/c1-3-19(18)7-6-15-9-12-5-4-11(8-10(12)2)13(14)16-17/h4-5,8,15,17H,3,6-7,9H2,1-2H3,(H2,14,16). The second kappa shape index (κ2) is 7.91. The molecule has 0 fully saturated rings. The lowest BCUT2D eigenvalue weighted by molar-refractivity contribution is 0.318. The Morgan fingerprint density at radius 2 is 2.26 bits per heavy atom. The monoisotopic (exact) mass is 283 g/mol. The number of oxime groups is 1. The van der Waals surface area contributed by atoms with Crippen LogP contribution < -0.4 is 11.1 Å². The molecule has 1 unspecified atom stereocenters. The summed E-state index contributed by atoms with van der Waals surface area (Å²) in [6.07, 6.45) is 0. The number of aryl methyl sites for hydroxylation is 1. The maximum absolute atomic E-state index is 11.3. The van der Waals surface area contributed by atoms with E-state index >= 15 is 0 Å². The number of amidine groups is 1. The van der Waals surface area contributed by atoms with Crippen molar-refractivity contribution in [3.63, 3.8) is 0 Å². The summed E-state index contributed by atoms with van der Waals surface area (Å²) >= 11 is 0. The number of hydrogen-bond acceptors (Lipinski definition) is 4. The van der Waals surface area contributed by atoms with Crippen LogP contribution in [0.15, 0.2) is 23.4 Å². The van der Waals surface area contributed by atoms with Gasteiger partial charge in [-0.05, 0) is 24.1 Å². The minimum Gasteiger partial charge on any atom is -0.409 e. The highest BCUT2D eigenvalue weighted by Crippen LogP contribution is 2.10. The first kappa shape index (κ1) is 15.7. The Kier molecular flexibility index (Phi) is 6.52. The average molecular weight is 283 g/mol. The summed E-state index contributed by atoms with van der Waals surface area (Å²) in [6, 6.07) is 5.66. The van der Waals surface area contributed by atoms with Gasteiger partial charge in [0, 0.05) is 41.0 Å². The van der Waals surface area contributed by atoms with Crippen LogP contribution in [0.25, 0.3) is 0 Å². The van der Waals surface area contributed by atoms with Gasteiger partial charge in [0.25, 0.3) is 0 Å². The van der Waals surface area contributed by atoms with E-state index in [1.54, 1.807) is 0 Å². The summed E-state index contributed by atoms with van der Waals surface area (Å²) in [5, 5.41) is 14.9. The molecule has 6 heteroatoms. The van der Waals surface area contributed by atoms with Gasteiger partial charge in [0.15, 0.2) is 5.84 Å². The van der Waals surface area contributed by atoms with Crippen molar-refractivity contribution in [2.75, 3.05) is 18.1 Å². The lowest BCUT2D eigenvalue weighted by Crippen LogP contribution is -2.21. The molecule has 0 amide bonds. The lowest BCUT2D eigenvalue weighted by Gasteiger charge is -2.09. The third-order valence-corrected chi connectivity index (χ3v) is 4.19. The van der Waals surface area contributed by atoms with Crippen molar-refractivity contribution in [2.24, 2.45) is 10.9 Å². The van der Waals surface area contributed by atoms with Gasteiger partial charge in [-0.3, -0.25) is 4.21 Å². The van der Waals surface area contributed by atoms with Crippen molar-refractivity contribution < 1.29 is 9.42 Å². The van der Waals surface area contributed by atoms with E-state index in [9.17, 15) is 4.21 Å². The molecule has 0 radical (unpaired) electrons. The summed E-state index contributed by atoms with van der Waals surface area (Å²) in [4.78, 5) is 0. The summed E-state index contributed by atoms with van der Waals surface area (Å²) in [5.41, 5.74) is 8.47. The molecule has 0 saturated heterocycles. The van der Waals surface area contributed by atoms with E-state index in [1.807, 2.05) is 32.0 Å². The second-order valence-electron chi connectivity index (χ2n) is 4.24. The molecule has 0 aliphatic carbocycles. The molecule has 0 aliphatic rings. The van der Waals surface area contributed by atoms with Gasteiger partial charge in [-0.15, -0.1) is 0 Å². The van der Waals surface area contributed by atoms with E-state index in [0.29, 0.717) is 17.1 Å². The Bertz CT molecular complexity index is 475. The Labute approximate surface area is 116 Å². The fourth-order valence-corrected chi connectivity index (χ4v) is 2.33. The number of nitrogens with zero attached hydrogens (tertiary/aromatic N) is 1. The molecule has 106 valence electrons. The first-order valence-electron chi connectivity index (χ1n) is 6.21. The molecule has 0 bridgehead atoms. The SMILES string of the molecule is CCS(=O)CCNCc1ccc(/C(N)=N/O)cc1C. The maximum atomic E-state index is 11.3. The number of rotatable bonds is 7. The van der Waals surface area contributed by atoms with Crippen molar-refractivity contribution in [1.82, 2.24) is 5.32 Å². The summed E-state index contributed by atoms with van der Waals surface area (Å²) < 4.78 is 11.3. The van der Waals surface area contributed by atoms with Crippen LogP contribution in [-0.4, -0.2) is 33.3 Å². The van der Waals surface area contributed by atoms with Crippen molar-refractivity contribution in [3.05, 3.63) is 34.9 Å². The molecule has 1 rings (SSSR count). The van der Waals surface area contributed by atoms with Crippen LogP contribution in [0, 0.1) is 6.92 Å². The first-order valence-corrected chi connectivity index (χ1v) is 7.70. The zero-order valence-corrected chi connectivity index (χ0v) is 12.2. The van der Waals surface area contributed by atoms with Gasteiger partial charge in [-0.25, -0.2) is 0 Å². The molecule has 1 atom stereocenters. The van der Waals surface area contributed by atoms with E-state index in [4.69, 9.17) is 10.9 Å². The van der Waals surface area contributed by atoms with Crippen molar-refractivity contribution in [3.8, 4) is 0 Å². The molecule has 5 nitrogen and oxygen atoms in total. The average Bonchev–Trinajstić information content (AvgIpc) is 2.43. The highest BCUT2D eigenvalue weighted by atomic mass is 32.2. The lowest BCUT2D eigenvalue weighted by atomic mass is 10.0. The topological polar surface area (TPSA) is 87.7 Å². The third kappa shape index (κ3) is 5.00. The first-order chi connectivity index (χ1) is 9.08. The maximum Gasteiger partial charge on any atom is 0.170 e. The van der Waals surface area contributed by atoms with Crippen LogP contribution in [0.3, 0.4) is 0 Å². The molecule has 0 aromatic heterocycles. The normalized spacial score (nSPS) is 13.5. The van der Waals surface area contributed by atoms with Crippen LogP contribution in [0.5, 0.6) is 0 Å². The smallest absolute Gasteiger partial charge is 0.170 e. The van der Waals surface area contributed by atoms with Gasteiger partial charge in [-0.1, -0.05) is 24.2 Å². The summed E-state index contributed by atoms with van der Waals surface area (Å²) in [5.74, 6) is 1.49. The molecule has 0 saturated carbocycles. The van der Waals surface area contributed by atoms with Crippen molar-refractivity contribution in [2.45, 2.75) is 20.4 Å². The predicted molar refractivity (Wildman–Crippen MR) is 78.9 cm³/mol. The third-order valence-electron chi connectivity index (χ3n) is 2.89. The number of nitrogens with one attached hydrogen (secondary N) is 1. The minimum atomic E-state index is -0.724. The highest BCUT2D eigenvalue weighted by Gasteiger charge is 2.03. The second-order valence-corrected chi connectivity index (χ2v) is 6.10. The highest BCUT2D eigenvalue weighted by molar-refractivity contribution is 7.84. The Morgan fingerprint density at radius 1 is 1.53 bits per heavy atom. The van der Waals surface area contributed by atoms with Gasteiger partial charge >= 0.3 is 0 Å². The molecular formula is C13H21N3O2S. The van der Waals surface area contributed by atoms with Gasteiger partial charge in [-0.2, -0.15) is 0 Å². The van der Waals surface area contributed by atoms with Gasteiger partial charge in [0.2, 0.25) is 0 Å². The largest absolute Gasteiger partial charge is 0.409 e. The van der Waals surface area contributed by atoms with Crippen LogP contribution in [0.1, 0.15) is 23.6 Å². The van der Waals surface area contributed by atoms with Crippen molar-refractivity contribution >= 4 is 16.6 Å². The molecular weight excluding hydrogens is 262 g/mol. The molecule has 1 aromatic carbocycles. The summed E-state index contributed by atoms with van der Waals surface area (Å²) in [7, 11) is -0.724. The molecule has 19 heavy (non-hydrogen) atoms. The van der Waals surface area contributed by atoms with E-state index < -0.39 is 10.8 Å². The van der Waals surface area contributed by atoms with Crippen molar-refractivity contribution in [1.29, 1.82) is 0 Å². The van der Waals surface area contributed by atoms with Crippen LogP contribution in [-0.2, 0) is 17.3 Å². The van der Waals surface area contributed by atoms with Gasteiger partial charge in [0.1, 0.15) is 0 Å². The van der Waals surface area contributed by atoms with E-state index in [0.717, 1.165) is 24.2 Å². The number of nitrogens with two attached hydrogens (primary N) is 1. The minimum absolute atomic E-state index is 0.112. The van der Waals surface area contributed by atoms with E-state index in [1.165, 1.54) is 0 Å². The number of benzene rings is 1. The van der Waals surface area contributed by atoms with E-state index in [2.05, 4.69) is 10.5 Å². The molecule has 0 aliphatic heterocycles. The van der Waals surface area contributed by atoms with E-state index in [-0.39, 0.29) is 5.84 Å². The zero-order valence-electron chi connectivity index (χ0n) is 11.3. The zero-order chi connectivity index (χ0) is 14.3. The Balaban J connectivity index is 2.54. The molecule has 4 N–H and O–H groups in total. The van der Waals surface area contributed by atoms with Gasteiger partial charge in [0.05, 0.1) is 0 Å². The predicted octanol–water partition coefficient (Wildman–Crippen LogP) is 0.948. The Morgan fingerprint density at radius 3 is 2.84 bits per heavy atom. The molecule has 0 spiro atoms. The number of hydrogen-bond donors (Lipinski definition) is 3. The molecule has 0 heterocycles. The van der Waals surface area contributed by atoms with Crippen LogP contribution in [0.4, 0.5) is 0 Å². The fourth-order valence-electron chi connectivity index (χ4n) is 1.66. The quantitative estimate of drug-likeness (QED) is 0.228. The van der Waals surface area contributed by atoms with Crippen LogP contribution >= 0.6 is 0 Å². The Hall–Kier alpha value is -1.40. The van der Waals surface area contributed by atoms with Gasteiger partial charge < -0.3 is 16.3 Å². The fraction of sp³-hybridized carbons (Fsp3) is 0.462. The molecule has 1 aromatic rings. The summed E-state index contributed by atoms with van der Waals surface area (Å²) in [6.45, 7) is 5.37.